The van der Waals surface area contributed by atoms with Crippen LogP contribution in [0.25, 0.3) is 0 Å². The second-order valence-corrected chi connectivity index (χ2v) is 5.91. The fourth-order valence-electron chi connectivity index (χ4n) is 2.79. The summed E-state index contributed by atoms with van der Waals surface area (Å²) in [5, 5.41) is 3.46. The zero-order valence-electron chi connectivity index (χ0n) is 14.7. The van der Waals surface area contributed by atoms with Crippen molar-refractivity contribution >= 4 is 35.9 Å². The van der Waals surface area contributed by atoms with E-state index in [0.717, 1.165) is 44.6 Å². The average molecular weight is 452 g/mol. The van der Waals surface area contributed by atoms with Crippen molar-refractivity contribution in [3.05, 3.63) is 53.9 Å². The van der Waals surface area contributed by atoms with Crippen LogP contribution in [0.2, 0.25) is 0 Å². The van der Waals surface area contributed by atoms with Gasteiger partial charge in [-0.05, 0) is 18.6 Å². The van der Waals surface area contributed by atoms with Gasteiger partial charge in [-0.15, -0.1) is 24.0 Å². The molecule has 1 N–H and O–H groups in total. The largest absolute Gasteiger partial charge is 0.352 e. The highest BCUT2D eigenvalue weighted by Gasteiger charge is 2.20. The summed E-state index contributed by atoms with van der Waals surface area (Å²) >= 11 is 0. The highest BCUT2D eigenvalue weighted by Crippen LogP contribution is 2.10. The predicted molar refractivity (Wildman–Crippen MR) is 113 cm³/mol. The molecule has 6 nitrogen and oxygen atoms in total. The molecule has 25 heavy (non-hydrogen) atoms. The van der Waals surface area contributed by atoms with E-state index in [2.05, 4.69) is 61.3 Å². The van der Waals surface area contributed by atoms with E-state index in [1.165, 1.54) is 11.1 Å². The Balaban J connectivity index is 0.00000225. The number of hydrogen-bond acceptors (Lipinski definition) is 4. The van der Waals surface area contributed by atoms with Gasteiger partial charge in [0.1, 0.15) is 0 Å². The van der Waals surface area contributed by atoms with Gasteiger partial charge in [0.05, 0.1) is 0 Å². The molecule has 1 fully saturated rings. The predicted octanol–water partition coefficient (Wildman–Crippen LogP) is 2.30. The zero-order chi connectivity index (χ0) is 16.8. The average Bonchev–Trinajstić information content (AvgIpc) is 2.65. The van der Waals surface area contributed by atoms with E-state index in [-0.39, 0.29) is 24.0 Å². The van der Waals surface area contributed by atoms with Gasteiger partial charge >= 0.3 is 0 Å². The molecule has 2 aromatic rings. The molecule has 1 saturated heterocycles. The number of aryl methyl sites for hydroxylation is 1. The molecular formula is C18H25IN6. The molecule has 1 aliphatic rings. The topological polar surface area (TPSA) is 56.7 Å². The van der Waals surface area contributed by atoms with E-state index >= 15 is 0 Å². The van der Waals surface area contributed by atoms with Crippen molar-refractivity contribution in [2.45, 2.75) is 13.5 Å². The van der Waals surface area contributed by atoms with Crippen LogP contribution in [-0.4, -0.2) is 54.1 Å². The molecule has 0 atom stereocenters. The zero-order valence-corrected chi connectivity index (χ0v) is 17.1. The molecular weight excluding hydrogens is 427 g/mol. The summed E-state index contributed by atoms with van der Waals surface area (Å²) in [7, 11) is 1.84. The van der Waals surface area contributed by atoms with Crippen molar-refractivity contribution in [2.75, 3.05) is 38.1 Å². The van der Waals surface area contributed by atoms with Crippen LogP contribution in [0.1, 0.15) is 11.1 Å². The van der Waals surface area contributed by atoms with Crippen molar-refractivity contribution in [1.29, 1.82) is 0 Å². The first-order valence-electron chi connectivity index (χ1n) is 8.29. The second kappa shape index (κ2) is 9.55. The van der Waals surface area contributed by atoms with E-state index < -0.39 is 0 Å². The van der Waals surface area contributed by atoms with Crippen molar-refractivity contribution in [3.8, 4) is 0 Å². The standard InChI is InChI=1S/C18H24N6.HI/c1-15-4-6-16(7-5-15)14-22-17(19-2)23-10-12-24(13-11-23)18-20-8-3-9-21-18;/h3-9H,10-14H2,1-2H3,(H,19,22);1H. The Kier molecular flexibility index (Phi) is 7.42. The number of nitrogens with zero attached hydrogens (tertiary/aromatic N) is 5. The van der Waals surface area contributed by atoms with Gasteiger partial charge in [0, 0.05) is 52.2 Å². The summed E-state index contributed by atoms with van der Waals surface area (Å²) in [6.45, 7) is 6.50. The van der Waals surface area contributed by atoms with Gasteiger partial charge in [-0.3, -0.25) is 4.99 Å². The van der Waals surface area contributed by atoms with Crippen LogP contribution in [0.3, 0.4) is 0 Å². The normalized spacial score (nSPS) is 14.9. The summed E-state index contributed by atoms with van der Waals surface area (Å²) in [6, 6.07) is 10.4. The molecule has 7 heteroatoms. The van der Waals surface area contributed by atoms with Gasteiger partial charge in [0.15, 0.2) is 5.96 Å². The van der Waals surface area contributed by atoms with Gasteiger partial charge < -0.3 is 15.1 Å². The lowest BCUT2D eigenvalue weighted by Crippen LogP contribution is -2.52. The Morgan fingerprint density at radius 2 is 1.72 bits per heavy atom. The Labute approximate surface area is 166 Å². The first kappa shape index (κ1) is 19.4. The first-order valence-corrected chi connectivity index (χ1v) is 8.29. The van der Waals surface area contributed by atoms with Crippen LogP contribution in [-0.2, 0) is 6.54 Å². The second-order valence-electron chi connectivity index (χ2n) is 5.91. The molecule has 0 spiro atoms. The Bertz CT molecular complexity index is 666. The summed E-state index contributed by atoms with van der Waals surface area (Å²) in [5.41, 5.74) is 2.54. The lowest BCUT2D eigenvalue weighted by molar-refractivity contribution is 0.370. The third-order valence-electron chi connectivity index (χ3n) is 4.20. The number of rotatable bonds is 3. The number of nitrogens with one attached hydrogen (secondary N) is 1. The minimum atomic E-state index is 0. The van der Waals surface area contributed by atoms with Crippen LogP contribution in [0.5, 0.6) is 0 Å². The Morgan fingerprint density at radius 1 is 1.08 bits per heavy atom. The van der Waals surface area contributed by atoms with Crippen molar-refractivity contribution < 1.29 is 0 Å². The number of hydrogen-bond donors (Lipinski definition) is 1. The third-order valence-corrected chi connectivity index (χ3v) is 4.20. The van der Waals surface area contributed by atoms with Crippen LogP contribution in [0, 0.1) is 6.92 Å². The van der Waals surface area contributed by atoms with Crippen molar-refractivity contribution in [3.63, 3.8) is 0 Å². The Morgan fingerprint density at radius 3 is 2.32 bits per heavy atom. The molecule has 134 valence electrons. The molecule has 0 amide bonds. The summed E-state index contributed by atoms with van der Waals surface area (Å²) < 4.78 is 0. The molecule has 1 aromatic heterocycles. The molecule has 2 heterocycles. The van der Waals surface area contributed by atoms with E-state index in [9.17, 15) is 0 Å². The number of anilines is 1. The molecule has 0 bridgehead atoms. The van der Waals surface area contributed by atoms with Gasteiger partial charge in [-0.25, -0.2) is 9.97 Å². The van der Waals surface area contributed by atoms with Gasteiger partial charge in [-0.2, -0.15) is 0 Å². The number of aliphatic imine (C=N–C) groups is 1. The maximum Gasteiger partial charge on any atom is 0.225 e. The van der Waals surface area contributed by atoms with E-state index in [1.54, 1.807) is 12.4 Å². The fourth-order valence-corrected chi connectivity index (χ4v) is 2.79. The fraction of sp³-hybridized carbons (Fsp3) is 0.389. The summed E-state index contributed by atoms with van der Waals surface area (Å²) in [6.07, 6.45) is 3.58. The first-order chi connectivity index (χ1) is 11.8. The van der Waals surface area contributed by atoms with Crippen LogP contribution < -0.4 is 10.2 Å². The maximum absolute atomic E-state index is 4.42. The number of guanidine groups is 1. The highest BCUT2D eigenvalue weighted by atomic mass is 127. The van der Waals surface area contributed by atoms with E-state index in [4.69, 9.17) is 0 Å². The van der Waals surface area contributed by atoms with E-state index in [1.807, 2.05) is 13.1 Å². The van der Waals surface area contributed by atoms with Crippen LogP contribution in [0.4, 0.5) is 5.95 Å². The molecule has 0 radical (unpaired) electrons. The maximum atomic E-state index is 4.42. The number of benzene rings is 1. The quantitative estimate of drug-likeness (QED) is 0.440. The van der Waals surface area contributed by atoms with Crippen molar-refractivity contribution in [2.24, 2.45) is 4.99 Å². The lowest BCUT2D eigenvalue weighted by Gasteiger charge is -2.36. The molecule has 1 aromatic carbocycles. The molecule has 0 saturated carbocycles. The lowest BCUT2D eigenvalue weighted by atomic mass is 10.1. The summed E-state index contributed by atoms with van der Waals surface area (Å²) in [4.78, 5) is 17.6. The summed E-state index contributed by atoms with van der Waals surface area (Å²) in [5.74, 6) is 1.75. The number of aromatic nitrogens is 2. The molecule has 3 rings (SSSR count). The SMILES string of the molecule is CN=C(NCc1ccc(C)cc1)N1CCN(c2ncccn2)CC1.I. The van der Waals surface area contributed by atoms with Gasteiger partial charge in [-0.1, -0.05) is 29.8 Å². The van der Waals surface area contributed by atoms with E-state index in [0.29, 0.717) is 0 Å². The molecule has 0 aliphatic carbocycles. The monoisotopic (exact) mass is 452 g/mol. The third kappa shape index (κ3) is 5.29. The van der Waals surface area contributed by atoms with Crippen LogP contribution in [0.15, 0.2) is 47.7 Å². The van der Waals surface area contributed by atoms with Gasteiger partial charge in [0.2, 0.25) is 5.95 Å². The smallest absolute Gasteiger partial charge is 0.225 e. The molecule has 1 aliphatic heterocycles. The number of halogens is 1. The minimum Gasteiger partial charge on any atom is -0.352 e. The van der Waals surface area contributed by atoms with Crippen LogP contribution >= 0.6 is 24.0 Å². The number of piperazine rings is 1. The van der Waals surface area contributed by atoms with Gasteiger partial charge in [0.25, 0.3) is 0 Å². The minimum absolute atomic E-state index is 0. The highest BCUT2D eigenvalue weighted by molar-refractivity contribution is 14.0. The van der Waals surface area contributed by atoms with Crippen molar-refractivity contribution in [1.82, 2.24) is 20.2 Å². The molecule has 0 unspecified atom stereocenters. The Hall–Kier alpha value is -1.90.